The first-order chi connectivity index (χ1) is 9.97. The third-order valence-corrected chi connectivity index (χ3v) is 3.81. The van der Waals surface area contributed by atoms with Gasteiger partial charge in [0.05, 0.1) is 31.7 Å². The van der Waals surface area contributed by atoms with Crippen molar-refractivity contribution in [3.8, 4) is 0 Å². The summed E-state index contributed by atoms with van der Waals surface area (Å²) in [4.78, 5) is 23.4. The molecule has 5 nitrogen and oxygen atoms in total. The summed E-state index contributed by atoms with van der Waals surface area (Å²) in [5.41, 5.74) is -0.802. The van der Waals surface area contributed by atoms with E-state index in [0.717, 1.165) is 12.8 Å². The van der Waals surface area contributed by atoms with Crippen LogP contribution < -0.4 is 0 Å². The molecule has 1 aliphatic rings. The number of ether oxygens (including phenoxy) is 3. The molecule has 1 saturated heterocycles. The highest BCUT2D eigenvalue weighted by Crippen LogP contribution is 2.41. The largest absolute Gasteiger partial charge is 0.465 e. The molecule has 0 aliphatic carbocycles. The highest BCUT2D eigenvalue weighted by atomic mass is 16.6. The topological polar surface area (TPSA) is 61.8 Å². The minimum Gasteiger partial charge on any atom is -0.465 e. The molecule has 0 saturated carbocycles. The number of hydrogen-bond donors (Lipinski definition) is 0. The van der Waals surface area contributed by atoms with E-state index in [9.17, 15) is 9.59 Å². The quantitative estimate of drug-likeness (QED) is 0.704. The molecule has 0 amide bonds. The van der Waals surface area contributed by atoms with Crippen LogP contribution in [-0.4, -0.2) is 36.4 Å². The maximum atomic E-state index is 11.8. The monoisotopic (exact) mass is 314 g/mol. The Bertz CT molecular complexity index is 408. The van der Waals surface area contributed by atoms with Gasteiger partial charge in [-0.1, -0.05) is 6.92 Å². The van der Waals surface area contributed by atoms with Crippen molar-refractivity contribution >= 4 is 11.9 Å². The van der Waals surface area contributed by atoms with Crippen LogP contribution in [0.2, 0.25) is 0 Å². The molecule has 0 bridgehead atoms. The van der Waals surface area contributed by atoms with Crippen molar-refractivity contribution in [2.24, 2.45) is 5.41 Å². The van der Waals surface area contributed by atoms with Gasteiger partial charge in [-0.3, -0.25) is 9.59 Å². The summed E-state index contributed by atoms with van der Waals surface area (Å²) in [6.45, 7) is 12.5. The van der Waals surface area contributed by atoms with Crippen LogP contribution in [0.5, 0.6) is 0 Å². The summed E-state index contributed by atoms with van der Waals surface area (Å²) in [5, 5.41) is 0. The maximum absolute atomic E-state index is 11.8. The van der Waals surface area contributed by atoms with Crippen LogP contribution in [0.15, 0.2) is 0 Å². The fraction of sp³-hybridized carbons (Fsp3) is 0.882. The van der Waals surface area contributed by atoms with Crippen molar-refractivity contribution in [2.75, 3.05) is 13.2 Å². The minimum atomic E-state index is -0.528. The average Bonchev–Trinajstić information content (AvgIpc) is 2.68. The van der Waals surface area contributed by atoms with E-state index in [1.807, 2.05) is 0 Å². The molecule has 1 rings (SSSR count). The third kappa shape index (κ3) is 6.34. The third-order valence-electron chi connectivity index (χ3n) is 3.81. The molecule has 22 heavy (non-hydrogen) atoms. The lowest BCUT2D eigenvalue weighted by Gasteiger charge is -2.26. The number of esters is 2. The molecule has 0 aromatic heterocycles. The number of rotatable bonds is 6. The Balaban J connectivity index is 2.35. The first-order valence-electron chi connectivity index (χ1n) is 7.98. The van der Waals surface area contributed by atoms with E-state index >= 15 is 0 Å². The molecule has 1 unspecified atom stereocenters. The second kappa shape index (κ2) is 6.99. The molecule has 1 atom stereocenters. The van der Waals surface area contributed by atoms with Crippen LogP contribution in [0.4, 0.5) is 0 Å². The molecule has 1 heterocycles. The first-order valence-corrected chi connectivity index (χ1v) is 7.98. The summed E-state index contributed by atoms with van der Waals surface area (Å²) in [6.07, 6.45) is 1.88. The lowest BCUT2D eigenvalue weighted by Crippen LogP contribution is -2.30. The van der Waals surface area contributed by atoms with Crippen molar-refractivity contribution in [3.05, 3.63) is 0 Å². The van der Waals surface area contributed by atoms with Crippen LogP contribution >= 0.6 is 0 Å². The first kappa shape index (κ1) is 18.9. The predicted octanol–water partition coefficient (Wildman–Crippen LogP) is 3.25. The molecular weight excluding hydrogens is 284 g/mol. The Morgan fingerprint density at radius 3 is 2.18 bits per heavy atom. The van der Waals surface area contributed by atoms with Crippen LogP contribution in [0.1, 0.15) is 67.2 Å². The Labute approximate surface area is 133 Å². The number of carbonyl (C=O) groups is 2. The van der Waals surface area contributed by atoms with Crippen molar-refractivity contribution in [2.45, 2.75) is 78.4 Å². The van der Waals surface area contributed by atoms with Gasteiger partial charge in [0.15, 0.2) is 0 Å². The summed E-state index contributed by atoms with van der Waals surface area (Å²) in [5.74, 6) is -0.733. The average molecular weight is 314 g/mol. The minimum absolute atomic E-state index is 0.0528. The second-order valence-electron chi connectivity index (χ2n) is 7.83. The van der Waals surface area contributed by atoms with E-state index in [0.29, 0.717) is 13.2 Å². The maximum Gasteiger partial charge on any atom is 0.306 e. The zero-order valence-corrected chi connectivity index (χ0v) is 14.8. The Kier molecular flexibility index (Phi) is 6.02. The number of hydrogen-bond acceptors (Lipinski definition) is 5. The molecule has 0 spiro atoms. The van der Waals surface area contributed by atoms with E-state index in [2.05, 4.69) is 20.8 Å². The summed E-state index contributed by atoms with van der Waals surface area (Å²) in [7, 11) is 0. The summed E-state index contributed by atoms with van der Waals surface area (Å²) < 4.78 is 16.3. The van der Waals surface area contributed by atoms with Gasteiger partial charge in [-0.05, 0) is 47.5 Å². The van der Waals surface area contributed by atoms with E-state index in [1.165, 1.54) is 0 Å². The van der Waals surface area contributed by atoms with Gasteiger partial charge in [0.1, 0.15) is 5.60 Å². The van der Waals surface area contributed by atoms with Crippen LogP contribution in [0.25, 0.3) is 0 Å². The van der Waals surface area contributed by atoms with Crippen molar-refractivity contribution < 1.29 is 23.8 Å². The van der Waals surface area contributed by atoms with Crippen molar-refractivity contribution in [1.82, 2.24) is 0 Å². The van der Waals surface area contributed by atoms with E-state index < -0.39 is 5.60 Å². The van der Waals surface area contributed by atoms with Crippen molar-refractivity contribution in [3.63, 3.8) is 0 Å². The molecule has 0 N–H and O–H groups in total. The van der Waals surface area contributed by atoms with Crippen LogP contribution in [-0.2, 0) is 23.8 Å². The van der Waals surface area contributed by atoms with Crippen LogP contribution in [0, 0.1) is 5.41 Å². The van der Waals surface area contributed by atoms with Gasteiger partial charge in [-0.2, -0.15) is 0 Å². The van der Waals surface area contributed by atoms with Gasteiger partial charge >= 0.3 is 11.9 Å². The zero-order chi connectivity index (χ0) is 17.0. The van der Waals surface area contributed by atoms with Gasteiger partial charge in [-0.25, -0.2) is 0 Å². The highest BCUT2D eigenvalue weighted by Gasteiger charge is 2.44. The van der Waals surface area contributed by atoms with Gasteiger partial charge in [0.25, 0.3) is 0 Å². The second-order valence-corrected chi connectivity index (χ2v) is 7.83. The normalized spacial score (nSPS) is 24.1. The Hall–Kier alpha value is -1.10. The Morgan fingerprint density at radius 2 is 1.73 bits per heavy atom. The molecular formula is C17H30O5. The smallest absolute Gasteiger partial charge is 0.306 e. The van der Waals surface area contributed by atoms with Gasteiger partial charge in [-0.15, -0.1) is 0 Å². The van der Waals surface area contributed by atoms with E-state index in [1.54, 1.807) is 20.8 Å². The lowest BCUT2D eigenvalue weighted by molar-refractivity contribution is -0.159. The summed E-state index contributed by atoms with van der Waals surface area (Å²) in [6, 6.07) is 0. The fourth-order valence-electron chi connectivity index (χ4n) is 2.68. The molecule has 5 heteroatoms. The molecule has 128 valence electrons. The summed E-state index contributed by atoms with van der Waals surface area (Å²) >= 11 is 0. The molecule has 1 aliphatic heterocycles. The molecule has 1 fully saturated rings. The van der Waals surface area contributed by atoms with Gasteiger partial charge < -0.3 is 14.2 Å². The number of carbonyl (C=O) groups excluding carboxylic acids is 2. The van der Waals surface area contributed by atoms with Crippen molar-refractivity contribution in [1.29, 1.82) is 0 Å². The molecule has 0 aromatic carbocycles. The Morgan fingerprint density at radius 1 is 1.14 bits per heavy atom. The van der Waals surface area contributed by atoms with Crippen LogP contribution in [0.3, 0.4) is 0 Å². The van der Waals surface area contributed by atoms with Gasteiger partial charge in [0.2, 0.25) is 0 Å². The molecule has 0 aromatic rings. The zero-order valence-electron chi connectivity index (χ0n) is 14.8. The van der Waals surface area contributed by atoms with Gasteiger partial charge in [0, 0.05) is 5.41 Å². The predicted molar refractivity (Wildman–Crippen MR) is 83.4 cm³/mol. The van der Waals surface area contributed by atoms with E-state index in [4.69, 9.17) is 14.2 Å². The fourth-order valence-corrected chi connectivity index (χ4v) is 2.68. The highest BCUT2D eigenvalue weighted by molar-refractivity contribution is 5.77. The SMILES string of the molecule is CCC1(COC(=O)CCC(=O)OC(C)(C)C)COC(C)(C)C1. The molecule has 0 radical (unpaired) electrons. The lowest BCUT2D eigenvalue weighted by atomic mass is 9.80. The standard InChI is InChI=1S/C17H30O5/c1-7-17(10-16(5,6)21-12-17)11-20-13(18)8-9-14(19)22-15(2,3)4/h7-12H2,1-6H3. The van der Waals surface area contributed by atoms with E-state index in [-0.39, 0.29) is 35.8 Å².